The summed E-state index contributed by atoms with van der Waals surface area (Å²) in [6.07, 6.45) is 5.65. The van der Waals surface area contributed by atoms with E-state index in [0.717, 1.165) is 12.1 Å². The van der Waals surface area contributed by atoms with Crippen molar-refractivity contribution in [3.8, 4) is 0 Å². The molecule has 0 aliphatic heterocycles. The van der Waals surface area contributed by atoms with Crippen LogP contribution in [-0.2, 0) is 4.79 Å². The number of carbonyl (C=O) groups is 1. The smallest absolute Gasteiger partial charge is 0.244 e. The summed E-state index contributed by atoms with van der Waals surface area (Å²) in [5, 5.41) is 3.98. The zero-order valence-electron chi connectivity index (χ0n) is 9.25. The Kier molecular flexibility index (Phi) is 4.08. The Balaban J connectivity index is 1.91. The van der Waals surface area contributed by atoms with Crippen molar-refractivity contribution in [2.75, 3.05) is 6.54 Å². The van der Waals surface area contributed by atoms with E-state index >= 15 is 0 Å². The van der Waals surface area contributed by atoms with Crippen LogP contribution < -0.4 is 5.32 Å². The summed E-state index contributed by atoms with van der Waals surface area (Å²) in [7, 11) is 0. The van der Waals surface area contributed by atoms with Crippen LogP contribution in [0, 0.1) is 5.92 Å². The number of nitrogens with one attached hydrogen (secondary N) is 1. The number of carbonyl (C=O) groups excluding carboxylic acids is 1. The quantitative estimate of drug-likeness (QED) is 0.833. The minimum absolute atomic E-state index is 0.0806. The van der Waals surface area contributed by atoms with Crippen LogP contribution in [0.1, 0.15) is 18.4 Å². The van der Waals surface area contributed by atoms with E-state index in [9.17, 15) is 4.79 Å². The topological polar surface area (TPSA) is 29.1 Å². The Labute approximate surface area is 111 Å². The molecule has 1 aliphatic rings. The predicted octanol–water partition coefficient (Wildman–Crippen LogP) is 3.53. The molecule has 0 radical (unpaired) electrons. The summed E-state index contributed by atoms with van der Waals surface area (Å²) >= 11 is 11.8. The van der Waals surface area contributed by atoms with Gasteiger partial charge in [0.2, 0.25) is 5.91 Å². The van der Waals surface area contributed by atoms with E-state index in [1.165, 1.54) is 18.9 Å². The summed E-state index contributed by atoms with van der Waals surface area (Å²) in [5.74, 6) is 0.606. The lowest BCUT2D eigenvalue weighted by Gasteiger charge is -2.00. The van der Waals surface area contributed by atoms with Gasteiger partial charge in [0.05, 0.1) is 0 Å². The fourth-order valence-electron chi connectivity index (χ4n) is 1.43. The number of amides is 1. The Bertz CT molecular complexity index is 453. The molecule has 2 rings (SSSR count). The van der Waals surface area contributed by atoms with Gasteiger partial charge in [0, 0.05) is 22.7 Å². The van der Waals surface area contributed by atoms with Crippen LogP contribution in [0.3, 0.4) is 0 Å². The number of rotatable bonds is 4. The molecule has 0 spiro atoms. The molecule has 1 aliphatic carbocycles. The van der Waals surface area contributed by atoms with Crippen molar-refractivity contribution in [1.82, 2.24) is 5.32 Å². The van der Waals surface area contributed by atoms with Gasteiger partial charge in [-0.1, -0.05) is 29.3 Å². The molecule has 0 bridgehead atoms. The van der Waals surface area contributed by atoms with Gasteiger partial charge in [-0.05, 0) is 42.5 Å². The fraction of sp³-hybridized carbons (Fsp3) is 0.308. The van der Waals surface area contributed by atoms with Crippen molar-refractivity contribution < 1.29 is 4.79 Å². The van der Waals surface area contributed by atoms with Gasteiger partial charge in [-0.3, -0.25) is 4.79 Å². The lowest BCUT2D eigenvalue weighted by atomic mass is 10.2. The van der Waals surface area contributed by atoms with Crippen LogP contribution >= 0.6 is 23.2 Å². The lowest BCUT2D eigenvalue weighted by molar-refractivity contribution is -0.116. The van der Waals surface area contributed by atoms with Crippen LogP contribution in [0.4, 0.5) is 0 Å². The minimum Gasteiger partial charge on any atom is -0.352 e. The third-order valence-corrected chi connectivity index (χ3v) is 3.20. The maximum Gasteiger partial charge on any atom is 0.244 e. The van der Waals surface area contributed by atoms with Gasteiger partial charge in [-0.25, -0.2) is 0 Å². The summed E-state index contributed by atoms with van der Waals surface area (Å²) in [6.45, 7) is 0.775. The minimum atomic E-state index is -0.0806. The third kappa shape index (κ3) is 4.06. The first kappa shape index (κ1) is 12.5. The predicted molar refractivity (Wildman–Crippen MR) is 71.2 cm³/mol. The highest BCUT2D eigenvalue weighted by molar-refractivity contribution is 6.35. The largest absolute Gasteiger partial charge is 0.352 e. The molecular weight excluding hydrogens is 257 g/mol. The van der Waals surface area contributed by atoms with Gasteiger partial charge in [0.15, 0.2) is 0 Å². The van der Waals surface area contributed by atoms with Crippen molar-refractivity contribution in [3.05, 3.63) is 39.9 Å². The summed E-state index contributed by atoms with van der Waals surface area (Å²) < 4.78 is 0. The van der Waals surface area contributed by atoms with Crippen molar-refractivity contribution in [3.63, 3.8) is 0 Å². The number of hydrogen-bond donors (Lipinski definition) is 1. The molecule has 1 aromatic rings. The Hall–Kier alpha value is -0.990. The molecule has 1 N–H and O–H groups in total. The van der Waals surface area contributed by atoms with Gasteiger partial charge in [-0.2, -0.15) is 0 Å². The first-order valence-corrected chi connectivity index (χ1v) is 6.32. The summed E-state index contributed by atoms with van der Waals surface area (Å²) in [5.41, 5.74) is 0.789. The van der Waals surface area contributed by atoms with Crippen LogP contribution in [0.5, 0.6) is 0 Å². The zero-order chi connectivity index (χ0) is 12.3. The van der Waals surface area contributed by atoms with Gasteiger partial charge >= 0.3 is 0 Å². The first-order chi connectivity index (χ1) is 8.15. The van der Waals surface area contributed by atoms with Crippen molar-refractivity contribution >= 4 is 35.2 Å². The van der Waals surface area contributed by atoms with Crippen molar-refractivity contribution in [2.24, 2.45) is 5.92 Å². The zero-order valence-corrected chi connectivity index (χ0v) is 10.8. The molecule has 1 saturated carbocycles. The average molecular weight is 270 g/mol. The van der Waals surface area contributed by atoms with Gasteiger partial charge in [-0.15, -0.1) is 0 Å². The molecule has 4 heteroatoms. The van der Waals surface area contributed by atoms with Crippen LogP contribution in [-0.4, -0.2) is 12.5 Å². The third-order valence-electron chi connectivity index (χ3n) is 2.64. The second-order valence-corrected chi connectivity index (χ2v) is 5.03. The van der Waals surface area contributed by atoms with Crippen molar-refractivity contribution in [1.29, 1.82) is 0 Å². The van der Waals surface area contributed by atoms with E-state index in [4.69, 9.17) is 23.2 Å². The van der Waals surface area contributed by atoms with Crippen LogP contribution in [0.2, 0.25) is 10.0 Å². The molecule has 0 atom stereocenters. The molecule has 17 heavy (non-hydrogen) atoms. The van der Waals surface area contributed by atoms with Gasteiger partial charge in [0.1, 0.15) is 0 Å². The first-order valence-electron chi connectivity index (χ1n) is 5.56. The molecule has 0 unspecified atom stereocenters. The number of halogens is 2. The van der Waals surface area contributed by atoms with E-state index in [0.29, 0.717) is 16.0 Å². The molecule has 1 fully saturated rings. The number of benzene rings is 1. The van der Waals surface area contributed by atoms with E-state index in [1.807, 2.05) is 0 Å². The second-order valence-electron chi connectivity index (χ2n) is 4.19. The van der Waals surface area contributed by atoms with E-state index in [1.54, 1.807) is 24.3 Å². The molecule has 2 nitrogen and oxygen atoms in total. The lowest BCUT2D eigenvalue weighted by Crippen LogP contribution is -2.23. The summed E-state index contributed by atoms with van der Waals surface area (Å²) in [6, 6.07) is 5.19. The van der Waals surface area contributed by atoms with Crippen LogP contribution in [0.15, 0.2) is 24.3 Å². The average Bonchev–Trinajstić information content (AvgIpc) is 3.09. The molecule has 0 heterocycles. The second kappa shape index (κ2) is 5.56. The normalized spacial score (nSPS) is 15.2. The highest BCUT2D eigenvalue weighted by atomic mass is 35.5. The maximum atomic E-state index is 11.5. The summed E-state index contributed by atoms with van der Waals surface area (Å²) in [4.78, 5) is 11.5. The van der Waals surface area contributed by atoms with E-state index in [-0.39, 0.29) is 5.91 Å². The van der Waals surface area contributed by atoms with Crippen LogP contribution in [0.25, 0.3) is 6.08 Å². The van der Waals surface area contributed by atoms with Crippen molar-refractivity contribution in [2.45, 2.75) is 12.8 Å². The highest BCUT2D eigenvalue weighted by Gasteiger charge is 2.20. The van der Waals surface area contributed by atoms with Gasteiger partial charge < -0.3 is 5.32 Å². The Morgan fingerprint density at radius 3 is 2.82 bits per heavy atom. The molecule has 1 amide bonds. The molecule has 0 saturated heterocycles. The Morgan fingerprint density at radius 2 is 2.18 bits per heavy atom. The Morgan fingerprint density at radius 1 is 1.41 bits per heavy atom. The molecule has 0 aromatic heterocycles. The standard InChI is InChI=1S/C13H13Cl2NO/c14-11-5-3-10(12(15)7-11)4-6-13(17)16-8-9-1-2-9/h3-7,9H,1-2,8H2,(H,16,17). The van der Waals surface area contributed by atoms with Gasteiger partial charge in [0.25, 0.3) is 0 Å². The molecule has 90 valence electrons. The fourth-order valence-corrected chi connectivity index (χ4v) is 1.90. The van der Waals surface area contributed by atoms with E-state index < -0.39 is 0 Å². The maximum absolute atomic E-state index is 11.5. The highest BCUT2D eigenvalue weighted by Crippen LogP contribution is 2.27. The monoisotopic (exact) mass is 269 g/mol. The SMILES string of the molecule is O=C(C=Cc1ccc(Cl)cc1Cl)NCC1CC1. The molecular formula is C13H13Cl2NO. The molecule has 1 aromatic carbocycles. The van der Waals surface area contributed by atoms with E-state index in [2.05, 4.69) is 5.32 Å². The number of hydrogen-bond acceptors (Lipinski definition) is 1.